The maximum Gasteiger partial charge on any atom is 2.00 e. The molecule has 1 unspecified atom stereocenters. The summed E-state index contributed by atoms with van der Waals surface area (Å²) in [5.74, 6) is 1.89. The van der Waals surface area contributed by atoms with Gasteiger partial charge in [0.15, 0.2) is 0 Å². The van der Waals surface area contributed by atoms with Crippen LogP contribution in [0, 0.1) is 13.8 Å². The molecule has 8 heterocycles. The summed E-state index contributed by atoms with van der Waals surface area (Å²) in [7, 11) is 0. The summed E-state index contributed by atoms with van der Waals surface area (Å²) in [5, 5.41) is 3.17. The summed E-state index contributed by atoms with van der Waals surface area (Å²) in [6, 6.07) is 24.8. The Morgan fingerprint density at radius 3 is 1.47 bits per heavy atom. The van der Waals surface area contributed by atoms with Crippen LogP contribution in [0.15, 0.2) is 89.6 Å². The van der Waals surface area contributed by atoms with Crippen molar-refractivity contribution in [2.75, 3.05) is 0 Å². The van der Waals surface area contributed by atoms with E-state index in [-0.39, 0.29) is 35.7 Å². The summed E-state index contributed by atoms with van der Waals surface area (Å²) in [5.41, 5.74) is 15.1. The molecule has 8 bridgehead atoms. The van der Waals surface area contributed by atoms with Gasteiger partial charge in [-0.2, -0.15) is 0 Å². The van der Waals surface area contributed by atoms with Crippen molar-refractivity contribution in [3.63, 3.8) is 0 Å². The van der Waals surface area contributed by atoms with Gasteiger partial charge in [-0.05, 0) is 153 Å². The zero-order chi connectivity index (χ0) is 52.5. The van der Waals surface area contributed by atoms with E-state index >= 15 is 8.63 Å². The van der Waals surface area contributed by atoms with Crippen molar-refractivity contribution in [1.82, 2.24) is 49.2 Å². The summed E-state index contributed by atoms with van der Waals surface area (Å²) in [4.78, 5) is 43.8. The number of nitrogens with zero attached hydrogens (tertiary/aromatic N) is 10. The summed E-state index contributed by atoms with van der Waals surface area (Å²) in [6.07, 6.45) is 1.30. The van der Waals surface area contributed by atoms with Crippen molar-refractivity contribution in [3.05, 3.63) is 134 Å². The Bertz CT molecular complexity index is 4020. The minimum Gasteiger partial charge on any atom is -0.464 e. The van der Waals surface area contributed by atoms with Crippen molar-refractivity contribution in [2.45, 2.75) is 139 Å². The predicted molar refractivity (Wildman–Crippen MR) is 297 cm³/mol. The second-order valence-electron chi connectivity index (χ2n) is 23.9. The number of rotatable bonds is 3. The van der Waals surface area contributed by atoms with Gasteiger partial charge in [0.2, 0.25) is 0 Å². The fourth-order valence-corrected chi connectivity index (χ4v) is 12.2. The fourth-order valence-electron chi connectivity index (χ4n) is 12.2. The maximum absolute atomic E-state index is 17.4. The Kier molecular flexibility index (Phi) is 11.4. The van der Waals surface area contributed by atoms with E-state index in [2.05, 4.69) is 130 Å². The largest absolute Gasteiger partial charge is 2.00 e. The van der Waals surface area contributed by atoms with Gasteiger partial charge in [0.25, 0.3) is 0 Å². The molecule has 0 fully saturated rings. The normalized spacial score (nSPS) is 16.2. The van der Waals surface area contributed by atoms with E-state index in [0.29, 0.717) is 81.2 Å². The molecule has 75 heavy (non-hydrogen) atoms. The SMILES string of the molecule is CCC1=C(C)C2=C(c3ccc4c5nc6nc(nc7[n-]c(nc8nc(nc([n-]5)c4c3)-c3ccc(C(C)(C)C)cc3-8)c3ccc(C(C)(C)C)cc73)-c3ccc(C(C)(C)C)cc3-6)c3c(C)c(CC)c(C)n3[B-](F)(F)N2C1C.[Zn+2]. The summed E-state index contributed by atoms with van der Waals surface area (Å²) >= 11 is 0. The zero-order valence-electron chi connectivity index (χ0n) is 45.9. The molecule has 0 spiro atoms. The molecule has 4 aliphatic rings. The topological polar surface area (TPSA) is 114 Å². The minimum atomic E-state index is -4.18. The molecule has 0 amide bonds. The van der Waals surface area contributed by atoms with Crippen LogP contribution in [0.2, 0.25) is 0 Å². The number of fused-ring (bicyclic) bond motifs is 22. The molecular weight excluding hydrogens is 987 g/mol. The van der Waals surface area contributed by atoms with E-state index < -0.39 is 13.0 Å². The number of halogens is 2. The van der Waals surface area contributed by atoms with Crippen LogP contribution >= 0.6 is 0 Å². The minimum absolute atomic E-state index is 0. The fraction of sp³-hybridized carbons (Fsp3) is 0.344. The third-order valence-electron chi connectivity index (χ3n) is 16.3. The molecule has 4 aliphatic heterocycles. The van der Waals surface area contributed by atoms with Crippen LogP contribution < -0.4 is 9.97 Å². The third kappa shape index (κ3) is 7.54. The van der Waals surface area contributed by atoms with Crippen molar-refractivity contribution >= 4 is 56.7 Å². The Labute approximate surface area is 450 Å². The molecule has 4 aromatic carbocycles. The Hall–Kier alpha value is -6.65. The first-order chi connectivity index (χ1) is 34.9. The Morgan fingerprint density at radius 1 is 0.547 bits per heavy atom. The summed E-state index contributed by atoms with van der Waals surface area (Å²) < 4.78 is 36.2. The van der Waals surface area contributed by atoms with Gasteiger partial charge >= 0.3 is 26.4 Å². The molecule has 0 N–H and O–H groups in total. The second-order valence-corrected chi connectivity index (χ2v) is 23.9. The van der Waals surface area contributed by atoms with Crippen molar-refractivity contribution in [1.29, 1.82) is 0 Å². The smallest absolute Gasteiger partial charge is 0.464 e. The number of aromatic nitrogens is 9. The van der Waals surface area contributed by atoms with Crippen molar-refractivity contribution in [3.8, 4) is 45.6 Å². The molecule has 376 valence electrons. The number of allylic oxidation sites excluding steroid dienone is 1. The van der Waals surface area contributed by atoms with Crippen LogP contribution in [0.25, 0.3) is 95.3 Å². The number of hydrogen-bond donors (Lipinski definition) is 0. The van der Waals surface area contributed by atoms with E-state index in [1.165, 1.54) is 9.29 Å². The van der Waals surface area contributed by atoms with E-state index in [0.717, 1.165) is 88.5 Å². The van der Waals surface area contributed by atoms with E-state index in [1.807, 2.05) is 46.8 Å². The standard InChI is InChI=1S/C61H62BF2N10.Zn/c1-16-38-30(3)49-48(50-31(4)39(17-2)33(6)74(50)62(63,64)73(49)32(38)5)34-18-22-40-44(26-34)55-65-51(40)67-56-46-28-36(60(10,11)12)20-24-42(46)53(69-56)71-58-47-29-37(61(13,14)15)21-25-43(47)54(72-58)70-57-45-27-35(59(7,8)9)19-23-41(45)52(66-55)68-57;/h18-29,32H,16-17H2,1-15H3;/q-3;+2. The number of benzene rings is 4. The van der Waals surface area contributed by atoms with Gasteiger partial charge in [-0.3, -0.25) is 0 Å². The molecule has 4 aromatic heterocycles. The monoisotopic (exact) mass is 1050 g/mol. The van der Waals surface area contributed by atoms with Crippen LogP contribution in [-0.4, -0.2) is 52.2 Å². The molecule has 8 aromatic rings. The van der Waals surface area contributed by atoms with Gasteiger partial charge in [0.1, 0.15) is 0 Å². The van der Waals surface area contributed by atoms with Crippen LogP contribution in [0.4, 0.5) is 8.63 Å². The first kappa shape index (κ1) is 50.5. The quantitative estimate of drug-likeness (QED) is 0.160. The Balaban J connectivity index is 0.00000602. The van der Waals surface area contributed by atoms with Crippen LogP contribution in [0.5, 0.6) is 0 Å². The molecule has 1 atom stereocenters. The molecule has 0 saturated carbocycles. The van der Waals surface area contributed by atoms with Gasteiger partial charge in [0, 0.05) is 67.8 Å². The predicted octanol–water partition coefficient (Wildman–Crippen LogP) is 14.4. The average Bonchev–Trinajstić information content (AvgIpc) is 4.21. The van der Waals surface area contributed by atoms with Gasteiger partial charge in [-0.15, -0.1) is 0 Å². The van der Waals surface area contributed by atoms with Gasteiger partial charge in [-0.1, -0.05) is 125 Å². The van der Waals surface area contributed by atoms with E-state index in [9.17, 15) is 0 Å². The van der Waals surface area contributed by atoms with Gasteiger partial charge in [-0.25, -0.2) is 9.97 Å². The molecule has 0 radical (unpaired) electrons. The Morgan fingerprint density at radius 2 is 0.987 bits per heavy atom. The molecule has 0 saturated heterocycles. The molecule has 10 nitrogen and oxygen atoms in total. The third-order valence-corrected chi connectivity index (χ3v) is 16.3. The van der Waals surface area contributed by atoms with Gasteiger partial charge < -0.3 is 47.8 Å². The van der Waals surface area contributed by atoms with Crippen LogP contribution in [0.1, 0.15) is 141 Å². The molecule has 14 heteroatoms. The zero-order valence-corrected chi connectivity index (χ0v) is 48.9. The number of hydrogen-bond acceptors (Lipinski definition) is 7. The first-order valence-corrected chi connectivity index (χ1v) is 26.1. The van der Waals surface area contributed by atoms with E-state index in [4.69, 9.17) is 39.9 Å². The molecular formula is C61H62BF2N10Zn-. The summed E-state index contributed by atoms with van der Waals surface area (Å²) in [6.45, 7) is 27.5. The average molecular weight is 1050 g/mol. The maximum atomic E-state index is 17.4. The van der Waals surface area contributed by atoms with E-state index in [1.54, 1.807) is 0 Å². The van der Waals surface area contributed by atoms with Gasteiger partial charge in [0.05, 0.1) is 23.3 Å². The molecule has 12 rings (SSSR count). The van der Waals surface area contributed by atoms with Crippen molar-refractivity contribution in [2.24, 2.45) is 0 Å². The molecule has 0 aliphatic carbocycles. The first-order valence-electron chi connectivity index (χ1n) is 26.1. The van der Waals surface area contributed by atoms with Crippen LogP contribution in [0.3, 0.4) is 0 Å². The second kappa shape index (κ2) is 16.9. The van der Waals surface area contributed by atoms with Crippen LogP contribution in [-0.2, 0) is 42.1 Å². The van der Waals surface area contributed by atoms with Crippen molar-refractivity contribution < 1.29 is 28.1 Å².